The summed E-state index contributed by atoms with van der Waals surface area (Å²) in [4.78, 5) is 12.6. The van der Waals surface area contributed by atoms with E-state index in [-0.39, 0.29) is 11.1 Å². The molecule has 0 aliphatic rings. The number of benzene rings is 2. The number of hydrazone groups is 1. The van der Waals surface area contributed by atoms with Gasteiger partial charge in [-0.25, -0.2) is 0 Å². The van der Waals surface area contributed by atoms with E-state index in [1.54, 1.807) is 37.6 Å². The van der Waals surface area contributed by atoms with E-state index >= 15 is 0 Å². The first kappa shape index (κ1) is 23.1. The van der Waals surface area contributed by atoms with Gasteiger partial charge >= 0.3 is 0 Å². The van der Waals surface area contributed by atoms with Crippen molar-refractivity contribution in [3.05, 3.63) is 69.6 Å². The SMILES string of the molecule is CCOc1cc(/C=N\Nc2cnn(-c3ccc(OC)cc3)c(=O)c2Cl)ccc1OC(C)C. The van der Waals surface area contributed by atoms with Gasteiger partial charge in [0.1, 0.15) is 16.5 Å². The second kappa shape index (κ2) is 10.7. The van der Waals surface area contributed by atoms with Gasteiger partial charge in [0, 0.05) is 0 Å². The first-order valence-electron chi connectivity index (χ1n) is 10.1. The molecule has 8 nitrogen and oxygen atoms in total. The molecule has 9 heteroatoms. The minimum Gasteiger partial charge on any atom is -0.497 e. The molecule has 0 amide bonds. The molecule has 0 unspecified atom stereocenters. The Morgan fingerprint density at radius 1 is 1.19 bits per heavy atom. The average molecular weight is 457 g/mol. The van der Waals surface area contributed by atoms with Crippen LogP contribution in [0.5, 0.6) is 17.2 Å². The Bertz CT molecular complexity index is 1140. The van der Waals surface area contributed by atoms with Gasteiger partial charge in [-0.05, 0) is 68.8 Å². The average Bonchev–Trinajstić information content (AvgIpc) is 2.78. The van der Waals surface area contributed by atoms with Gasteiger partial charge < -0.3 is 14.2 Å². The fourth-order valence-corrected chi connectivity index (χ4v) is 2.99. The number of methoxy groups -OCH3 is 1. The zero-order chi connectivity index (χ0) is 23.1. The molecule has 3 aromatic rings. The van der Waals surface area contributed by atoms with E-state index in [0.717, 1.165) is 5.56 Å². The predicted molar refractivity (Wildman–Crippen MR) is 126 cm³/mol. The number of hydrogen-bond donors (Lipinski definition) is 1. The maximum absolute atomic E-state index is 12.6. The highest BCUT2D eigenvalue weighted by Crippen LogP contribution is 2.29. The number of halogens is 1. The second-order valence-electron chi connectivity index (χ2n) is 6.96. The van der Waals surface area contributed by atoms with Gasteiger partial charge in [-0.2, -0.15) is 14.9 Å². The summed E-state index contributed by atoms with van der Waals surface area (Å²) in [6.45, 7) is 6.33. The fraction of sp³-hybridized carbons (Fsp3) is 0.261. The number of ether oxygens (including phenoxy) is 3. The molecule has 1 N–H and O–H groups in total. The molecule has 0 fully saturated rings. The quantitative estimate of drug-likeness (QED) is 0.376. The second-order valence-corrected chi connectivity index (χ2v) is 7.34. The molecule has 0 bridgehead atoms. The molecule has 0 radical (unpaired) electrons. The number of hydrogen-bond acceptors (Lipinski definition) is 7. The molecule has 0 saturated heterocycles. The zero-order valence-electron chi connectivity index (χ0n) is 18.3. The van der Waals surface area contributed by atoms with Crippen molar-refractivity contribution in [3.63, 3.8) is 0 Å². The first-order valence-corrected chi connectivity index (χ1v) is 10.5. The monoisotopic (exact) mass is 456 g/mol. The van der Waals surface area contributed by atoms with Crippen LogP contribution in [0.1, 0.15) is 26.3 Å². The summed E-state index contributed by atoms with van der Waals surface area (Å²) >= 11 is 6.25. The van der Waals surface area contributed by atoms with Crippen LogP contribution in [0.15, 0.2) is 58.6 Å². The van der Waals surface area contributed by atoms with Crippen molar-refractivity contribution in [1.82, 2.24) is 9.78 Å². The molecule has 0 aliphatic carbocycles. The summed E-state index contributed by atoms with van der Waals surface area (Å²) in [7, 11) is 1.57. The molecule has 1 heterocycles. The highest BCUT2D eigenvalue weighted by molar-refractivity contribution is 6.32. The lowest BCUT2D eigenvalue weighted by Crippen LogP contribution is -2.22. The van der Waals surface area contributed by atoms with Crippen molar-refractivity contribution in [2.75, 3.05) is 19.1 Å². The largest absolute Gasteiger partial charge is 0.497 e. The van der Waals surface area contributed by atoms with Gasteiger partial charge in [-0.15, -0.1) is 0 Å². The predicted octanol–water partition coefficient (Wildman–Crippen LogP) is 4.53. The third-order valence-corrected chi connectivity index (χ3v) is 4.63. The minimum atomic E-state index is -0.467. The molecule has 2 aromatic carbocycles. The minimum absolute atomic E-state index is 0.0244. The number of rotatable bonds is 9. The topological polar surface area (TPSA) is 87.0 Å². The molecule has 0 spiro atoms. The summed E-state index contributed by atoms with van der Waals surface area (Å²) in [6.07, 6.45) is 3.06. The van der Waals surface area contributed by atoms with Crippen LogP contribution in [0, 0.1) is 0 Å². The Hall–Kier alpha value is -3.52. The Morgan fingerprint density at radius 3 is 2.59 bits per heavy atom. The molecule has 0 aliphatic heterocycles. The number of aromatic nitrogens is 2. The van der Waals surface area contributed by atoms with E-state index in [9.17, 15) is 4.79 Å². The van der Waals surface area contributed by atoms with E-state index in [1.807, 2.05) is 39.0 Å². The number of nitrogens with zero attached hydrogens (tertiary/aromatic N) is 3. The molecule has 32 heavy (non-hydrogen) atoms. The Kier molecular flexibility index (Phi) is 7.72. The van der Waals surface area contributed by atoms with Crippen molar-refractivity contribution in [2.45, 2.75) is 26.9 Å². The maximum Gasteiger partial charge on any atom is 0.292 e. The van der Waals surface area contributed by atoms with Crippen LogP contribution in [0.4, 0.5) is 5.69 Å². The molecule has 3 rings (SSSR count). The van der Waals surface area contributed by atoms with Crippen molar-refractivity contribution in [2.24, 2.45) is 5.10 Å². The fourth-order valence-electron chi connectivity index (χ4n) is 2.82. The van der Waals surface area contributed by atoms with Crippen LogP contribution in [0.3, 0.4) is 0 Å². The lowest BCUT2D eigenvalue weighted by molar-refractivity contribution is 0.224. The van der Waals surface area contributed by atoms with Crippen LogP contribution in [0.2, 0.25) is 5.02 Å². The van der Waals surface area contributed by atoms with Gasteiger partial charge in [-0.3, -0.25) is 10.2 Å². The third-order valence-electron chi connectivity index (χ3n) is 4.26. The van der Waals surface area contributed by atoms with Crippen molar-refractivity contribution in [3.8, 4) is 22.9 Å². The number of anilines is 1. The van der Waals surface area contributed by atoms with E-state index < -0.39 is 5.56 Å². The lowest BCUT2D eigenvalue weighted by Gasteiger charge is -2.14. The molecule has 0 atom stereocenters. The van der Waals surface area contributed by atoms with E-state index in [1.165, 1.54) is 10.9 Å². The molecular weight excluding hydrogens is 432 g/mol. The van der Waals surface area contributed by atoms with Gasteiger partial charge in [0.05, 0.1) is 37.9 Å². The van der Waals surface area contributed by atoms with Gasteiger partial charge in [-0.1, -0.05) is 11.6 Å². The zero-order valence-corrected chi connectivity index (χ0v) is 19.1. The Labute approximate surface area is 191 Å². The summed E-state index contributed by atoms with van der Waals surface area (Å²) in [5, 5.41) is 8.32. The molecular formula is C23H25ClN4O4. The van der Waals surface area contributed by atoms with Crippen molar-refractivity contribution in [1.29, 1.82) is 0 Å². The standard InChI is InChI=1S/C23H25ClN4O4/c1-5-31-21-12-16(6-11-20(21)32-15(2)3)13-25-27-19-14-26-28(23(29)22(19)24)17-7-9-18(30-4)10-8-17/h6-15,27H,5H2,1-4H3/b25-13-. The van der Waals surface area contributed by atoms with Crippen LogP contribution in [-0.4, -0.2) is 35.8 Å². The highest BCUT2D eigenvalue weighted by atomic mass is 35.5. The normalized spacial score (nSPS) is 11.1. The van der Waals surface area contributed by atoms with Gasteiger partial charge in [0.25, 0.3) is 5.56 Å². The molecule has 0 saturated carbocycles. The summed E-state index contributed by atoms with van der Waals surface area (Å²) in [6, 6.07) is 12.4. The summed E-state index contributed by atoms with van der Waals surface area (Å²) in [5.41, 5.74) is 3.95. The Morgan fingerprint density at radius 2 is 1.94 bits per heavy atom. The van der Waals surface area contributed by atoms with Crippen LogP contribution in [-0.2, 0) is 0 Å². The summed E-state index contributed by atoms with van der Waals surface area (Å²) < 4.78 is 17.8. The Balaban J connectivity index is 1.77. The maximum atomic E-state index is 12.6. The number of nitrogens with one attached hydrogen (secondary N) is 1. The molecule has 1 aromatic heterocycles. The van der Waals surface area contributed by atoms with Gasteiger partial charge in [0.15, 0.2) is 11.5 Å². The smallest absolute Gasteiger partial charge is 0.292 e. The van der Waals surface area contributed by atoms with Crippen LogP contribution >= 0.6 is 11.6 Å². The highest BCUT2D eigenvalue weighted by Gasteiger charge is 2.11. The van der Waals surface area contributed by atoms with Gasteiger partial charge in [0.2, 0.25) is 0 Å². The third kappa shape index (κ3) is 5.59. The van der Waals surface area contributed by atoms with Crippen molar-refractivity contribution < 1.29 is 14.2 Å². The van der Waals surface area contributed by atoms with E-state index in [0.29, 0.717) is 35.2 Å². The van der Waals surface area contributed by atoms with Crippen LogP contribution in [0.25, 0.3) is 5.69 Å². The molecule has 168 valence electrons. The van der Waals surface area contributed by atoms with Crippen molar-refractivity contribution >= 4 is 23.5 Å². The van der Waals surface area contributed by atoms with E-state index in [4.69, 9.17) is 25.8 Å². The first-order chi connectivity index (χ1) is 15.4. The van der Waals surface area contributed by atoms with Crippen LogP contribution < -0.4 is 25.2 Å². The summed E-state index contributed by atoms with van der Waals surface area (Å²) in [5.74, 6) is 1.98. The van der Waals surface area contributed by atoms with E-state index in [2.05, 4.69) is 15.6 Å². The lowest BCUT2D eigenvalue weighted by atomic mass is 10.2.